The second-order valence-corrected chi connectivity index (χ2v) is 5.65. The number of amides is 1. The average molecular weight is 323 g/mol. The van der Waals surface area contributed by atoms with Gasteiger partial charge in [0.05, 0.1) is 12.1 Å². The summed E-state index contributed by atoms with van der Waals surface area (Å²) in [5.41, 5.74) is 6.01. The lowest BCUT2D eigenvalue weighted by Crippen LogP contribution is -2.50. The Bertz CT molecular complexity index is 284. The highest BCUT2D eigenvalue weighted by Gasteiger charge is 2.28. The monoisotopic (exact) mass is 322 g/mol. The van der Waals surface area contributed by atoms with E-state index < -0.39 is 0 Å². The number of nitrogens with zero attached hydrogens (tertiary/aromatic N) is 1. The highest BCUT2D eigenvalue weighted by Crippen LogP contribution is 2.17. The van der Waals surface area contributed by atoms with E-state index in [0.717, 1.165) is 52.0 Å². The molecule has 0 aromatic rings. The van der Waals surface area contributed by atoms with Gasteiger partial charge in [-0.2, -0.15) is 0 Å². The minimum absolute atomic E-state index is 0. The van der Waals surface area contributed by atoms with Crippen LogP contribution in [0.2, 0.25) is 0 Å². The number of hydrogen-bond acceptors (Lipinski definition) is 4. The normalized spacial score (nSPS) is 19.0. The summed E-state index contributed by atoms with van der Waals surface area (Å²) in [6, 6.07) is -0.362. The van der Waals surface area contributed by atoms with Gasteiger partial charge in [0.25, 0.3) is 0 Å². The quantitative estimate of drug-likeness (QED) is 0.692. The minimum Gasteiger partial charge on any atom is -0.385 e. The predicted molar refractivity (Wildman–Crippen MR) is 86.7 cm³/mol. The molecule has 0 radical (unpaired) electrons. The first-order valence-electron chi connectivity index (χ1n) is 7.75. The van der Waals surface area contributed by atoms with Gasteiger partial charge in [-0.05, 0) is 25.2 Å². The van der Waals surface area contributed by atoms with Gasteiger partial charge >= 0.3 is 0 Å². The maximum Gasteiger partial charge on any atom is 0.239 e. The maximum absolute atomic E-state index is 12.2. The van der Waals surface area contributed by atoms with Crippen molar-refractivity contribution in [3.63, 3.8) is 0 Å². The van der Waals surface area contributed by atoms with Crippen LogP contribution < -0.4 is 5.73 Å². The van der Waals surface area contributed by atoms with Gasteiger partial charge < -0.3 is 20.1 Å². The van der Waals surface area contributed by atoms with Gasteiger partial charge in [-0.3, -0.25) is 4.79 Å². The Kier molecular flexibility index (Phi) is 11.0. The SMILES string of the molecule is CCC(C)C(N)C(=O)N1CCC(OCCCOC)CC1.Cl. The molecule has 1 rings (SSSR count). The van der Waals surface area contributed by atoms with E-state index in [1.807, 2.05) is 11.8 Å². The van der Waals surface area contributed by atoms with Crippen molar-refractivity contribution in [1.29, 1.82) is 0 Å². The van der Waals surface area contributed by atoms with Crippen molar-refractivity contribution >= 4 is 18.3 Å². The summed E-state index contributed by atoms with van der Waals surface area (Å²) in [5.74, 6) is 0.336. The van der Waals surface area contributed by atoms with E-state index >= 15 is 0 Å². The molecule has 2 unspecified atom stereocenters. The van der Waals surface area contributed by atoms with Gasteiger partial charge in [-0.1, -0.05) is 20.3 Å². The topological polar surface area (TPSA) is 64.8 Å². The van der Waals surface area contributed by atoms with E-state index in [9.17, 15) is 4.79 Å². The molecule has 1 amide bonds. The third-order valence-corrected chi connectivity index (χ3v) is 4.14. The number of nitrogens with two attached hydrogens (primary N) is 1. The molecule has 0 aromatic carbocycles. The molecule has 1 aliphatic heterocycles. The summed E-state index contributed by atoms with van der Waals surface area (Å²) < 4.78 is 10.8. The molecule has 0 bridgehead atoms. The third kappa shape index (κ3) is 6.96. The number of piperidine rings is 1. The summed E-state index contributed by atoms with van der Waals surface area (Å²) in [5, 5.41) is 0. The molecule has 1 heterocycles. The van der Waals surface area contributed by atoms with Crippen molar-refractivity contribution in [3.8, 4) is 0 Å². The van der Waals surface area contributed by atoms with Crippen molar-refractivity contribution in [3.05, 3.63) is 0 Å². The van der Waals surface area contributed by atoms with Crippen molar-refractivity contribution < 1.29 is 14.3 Å². The summed E-state index contributed by atoms with van der Waals surface area (Å²) in [7, 11) is 1.70. The van der Waals surface area contributed by atoms with Crippen LogP contribution in [-0.2, 0) is 14.3 Å². The summed E-state index contributed by atoms with van der Waals surface area (Å²) in [6.07, 6.45) is 3.95. The molecule has 2 N–H and O–H groups in total. The predicted octanol–water partition coefficient (Wildman–Crippen LogP) is 1.83. The number of halogens is 1. The zero-order valence-corrected chi connectivity index (χ0v) is 14.4. The van der Waals surface area contributed by atoms with Crippen molar-refractivity contribution in [2.45, 2.75) is 51.7 Å². The fourth-order valence-corrected chi connectivity index (χ4v) is 2.40. The Morgan fingerprint density at radius 3 is 2.48 bits per heavy atom. The molecule has 0 aliphatic carbocycles. The molecule has 0 aromatic heterocycles. The van der Waals surface area contributed by atoms with Crippen LogP contribution in [0.25, 0.3) is 0 Å². The van der Waals surface area contributed by atoms with E-state index in [1.54, 1.807) is 7.11 Å². The van der Waals surface area contributed by atoms with Gasteiger partial charge in [-0.15, -0.1) is 12.4 Å². The molecule has 0 saturated carbocycles. The Morgan fingerprint density at radius 2 is 1.95 bits per heavy atom. The Balaban J connectivity index is 0.00000400. The molecule has 1 aliphatic rings. The zero-order chi connectivity index (χ0) is 15.0. The van der Waals surface area contributed by atoms with Crippen LogP contribution in [0.1, 0.15) is 39.5 Å². The van der Waals surface area contributed by atoms with Gasteiger partial charge in [-0.25, -0.2) is 0 Å². The number of rotatable bonds is 8. The van der Waals surface area contributed by atoms with E-state index in [0.29, 0.717) is 0 Å². The van der Waals surface area contributed by atoms with Crippen LogP contribution in [0.15, 0.2) is 0 Å². The third-order valence-electron chi connectivity index (χ3n) is 4.14. The summed E-state index contributed by atoms with van der Waals surface area (Å²) >= 11 is 0. The highest BCUT2D eigenvalue weighted by molar-refractivity contribution is 5.85. The minimum atomic E-state index is -0.362. The molecule has 6 heteroatoms. The van der Waals surface area contributed by atoms with Crippen molar-refractivity contribution in [2.24, 2.45) is 11.7 Å². The number of ether oxygens (including phenoxy) is 2. The molecule has 2 atom stereocenters. The molecule has 21 heavy (non-hydrogen) atoms. The van der Waals surface area contributed by atoms with Crippen molar-refractivity contribution in [1.82, 2.24) is 4.90 Å². The number of likely N-dealkylation sites (tertiary alicyclic amines) is 1. The Hall–Kier alpha value is -0.360. The second-order valence-electron chi connectivity index (χ2n) is 5.65. The van der Waals surface area contributed by atoms with Gasteiger partial charge in [0.2, 0.25) is 5.91 Å². The number of hydrogen-bond donors (Lipinski definition) is 1. The summed E-state index contributed by atoms with van der Waals surface area (Å²) in [6.45, 7) is 7.10. The largest absolute Gasteiger partial charge is 0.385 e. The van der Waals surface area contributed by atoms with Gasteiger partial charge in [0, 0.05) is 33.4 Å². The lowest BCUT2D eigenvalue weighted by atomic mass is 9.97. The molecule has 0 spiro atoms. The van der Waals surface area contributed by atoms with Crippen LogP contribution >= 0.6 is 12.4 Å². The van der Waals surface area contributed by atoms with Gasteiger partial charge in [0.1, 0.15) is 0 Å². The van der Waals surface area contributed by atoms with E-state index in [2.05, 4.69) is 6.92 Å². The van der Waals surface area contributed by atoms with Crippen LogP contribution in [0.3, 0.4) is 0 Å². The Morgan fingerprint density at radius 1 is 1.33 bits per heavy atom. The van der Waals surface area contributed by atoms with Crippen LogP contribution in [0, 0.1) is 5.92 Å². The molecular formula is C15H31ClN2O3. The molecular weight excluding hydrogens is 292 g/mol. The maximum atomic E-state index is 12.2. The fourth-order valence-electron chi connectivity index (χ4n) is 2.40. The first-order chi connectivity index (χ1) is 9.60. The first-order valence-corrected chi connectivity index (χ1v) is 7.75. The molecule has 126 valence electrons. The Labute approximate surface area is 134 Å². The second kappa shape index (κ2) is 11.2. The van der Waals surface area contributed by atoms with Crippen LogP contribution in [-0.4, -0.2) is 56.4 Å². The zero-order valence-electron chi connectivity index (χ0n) is 13.5. The standard InChI is InChI=1S/C15H30N2O3.ClH/c1-4-12(2)14(16)15(18)17-8-6-13(7-9-17)20-11-5-10-19-3;/h12-14H,4-11,16H2,1-3H3;1H. The number of methoxy groups -OCH3 is 1. The van der Waals surface area contributed by atoms with E-state index in [1.165, 1.54) is 0 Å². The lowest BCUT2D eigenvalue weighted by Gasteiger charge is -2.34. The smallest absolute Gasteiger partial charge is 0.239 e. The lowest BCUT2D eigenvalue weighted by molar-refractivity contribution is -0.136. The highest BCUT2D eigenvalue weighted by atomic mass is 35.5. The van der Waals surface area contributed by atoms with Gasteiger partial charge in [0.15, 0.2) is 0 Å². The number of carbonyl (C=O) groups is 1. The summed E-state index contributed by atoms with van der Waals surface area (Å²) in [4.78, 5) is 14.1. The van der Waals surface area contributed by atoms with Crippen LogP contribution in [0.4, 0.5) is 0 Å². The van der Waals surface area contributed by atoms with E-state index in [4.69, 9.17) is 15.2 Å². The molecule has 1 saturated heterocycles. The van der Waals surface area contributed by atoms with E-state index in [-0.39, 0.29) is 36.4 Å². The van der Waals surface area contributed by atoms with Crippen molar-refractivity contribution in [2.75, 3.05) is 33.4 Å². The number of carbonyl (C=O) groups excluding carboxylic acids is 1. The first kappa shape index (κ1) is 20.6. The fraction of sp³-hybridized carbons (Fsp3) is 0.933. The van der Waals surface area contributed by atoms with Crippen LogP contribution in [0.5, 0.6) is 0 Å². The molecule has 5 nitrogen and oxygen atoms in total. The molecule has 1 fully saturated rings. The average Bonchev–Trinajstić information content (AvgIpc) is 2.50.